The zero-order valence-electron chi connectivity index (χ0n) is 14.7. The van der Waals surface area contributed by atoms with Crippen LogP contribution in [0.5, 0.6) is 0 Å². The van der Waals surface area contributed by atoms with Crippen LogP contribution in [-0.2, 0) is 19.1 Å². The molecule has 1 N–H and O–H groups in total. The molecule has 0 saturated carbocycles. The molecule has 0 aromatic heterocycles. The van der Waals surface area contributed by atoms with E-state index in [1.54, 1.807) is 19.9 Å². The van der Waals surface area contributed by atoms with Crippen molar-refractivity contribution in [1.29, 1.82) is 0 Å². The largest absolute Gasteiger partial charge is 0.463 e. The maximum Gasteiger partial charge on any atom is 0.338 e. The van der Waals surface area contributed by atoms with Crippen LogP contribution in [0.2, 0.25) is 0 Å². The molecule has 0 radical (unpaired) electrons. The van der Waals surface area contributed by atoms with Gasteiger partial charge in [0, 0.05) is 18.0 Å². The van der Waals surface area contributed by atoms with Crippen LogP contribution in [0.4, 0.5) is 0 Å². The number of ether oxygens (including phenoxy) is 2. The Morgan fingerprint density at radius 3 is 2.71 bits per heavy atom. The number of rotatable bonds is 0. The van der Waals surface area contributed by atoms with Crippen molar-refractivity contribution in [1.82, 2.24) is 4.90 Å². The molecule has 0 aromatic rings. The molecule has 24 heavy (non-hydrogen) atoms. The number of cyclic esters (lactones) is 1. The molecule has 3 saturated heterocycles. The summed E-state index contributed by atoms with van der Waals surface area (Å²) < 4.78 is 11.3. The lowest BCUT2D eigenvalue weighted by Gasteiger charge is -2.32. The van der Waals surface area contributed by atoms with Crippen molar-refractivity contribution in [3.05, 3.63) is 11.6 Å². The van der Waals surface area contributed by atoms with Gasteiger partial charge in [0.25, 0.3) is 0 Å². The number of carbonyl (C=O) groups excluding carboxylic acids is 2. The van der Waals surface area contributed by atoms with E-state index in [4.69, 9.17) is 9.47 Å². The van der Waals surface area contributed by atoms with Crippen LogP contribution in [0, 0.1) is 11.8 Å². The van der Waals surface area contributed by atoms with Crippen LogP contribution in [0.25, 0.3) is 0 Å². The molecular formula is C18H27NO5. The van der Waals surface area contributed by atoms with Gasteiger partial charge < -0.3 is 14.6 Å². The van der Waals surface area contributed by atoms with Gasteiger partial charge in [-0.3, -0.25) is 4.90 Å². The Labute approximate surface area is 142 Å². The Morgan fingerprint density at radius 1 is 1.29 bits per heavy atom. The number of carbonyl (C=O) groups is 2. The molecular weight excluding hydrogens is 310 g/mol. The topological polar surface area (TPSA) is 76.1 Å². The minimum Gasteiger partial charge on any atom is -0.463 e. The van der Waals surface area contributed by atoms with Gasteiger partial charge in [0.2, 0.25) is 0 Å². The third-order valence-electron chi connectivity index (χ3n) is 5.97. The van der Waals surface area contributed by atoms with E-state index in [1.807, 2.05) is 0 Å². The molecule has 0 aliphatic carbocycles. The summed E-state index contributed by atoms with van der Waals surface area (Å²) in [4.78, 5) is 27.3. The first-order valence-electron chi connectivity index (χ1n) is 8.84. The van der Waals surface area contributed by atoms with Gasteiger partial charge in [-0.15, -0.1) is 0 Å². The minimum atomic E-state index is -1.62. The zero-order valence-corrected chi connectivity index (χ0v) is 14.7. The predicted octanol–water partition coefficient (Wildman–Crippen LogP) is 1.27. The van der Waals surface area contributed by atoms with Crippen molar-refractivity contribution in [2.75, 3.05) is 19.7 Å². The first-order valence-corrected chi connectivity index (χ1v) is 8.84. The van der Waals surface area contributed by atoms with Crippen molar-refractivity contribution >= 4 is 11.9 Å². The van der Waals surface area contributed by atoms with Crippen molar-refractivity contribution in [3.63, 3.8) is 0 Å². The minimum absolute atomic E-state index is 0.113. The van der Waals surface area contributed by atoms with Crippen LogP contribution in [0.15, 0.2) is 11.6 Å². The first kappa shape index (κ1) is 17.4. The van der Waals surface area contributed by atoms with E-state index < -0.39 is 17.5 Å². The summed E-state index contributed by atoms with van der Waals surface area (Å²) in [5.74, 6) is -1.23. The molecule has 6 nitrogen and oxygen atoms in total. The molecule has 5 atom stereocenters. The van der Waals surface area contributed by atoms with Gasteiger partial charge in [-0.05, 0) is 45.6 Å². The second kappa shape index (κ2) is 6.48. The van der Waals surface area contributed by atoms with Gasteiger partial charge in [-0.2, -0.15) is 0 Å². The fraction of sp³-hybridized carbons (Fsp3) is 0.778. The van der Waals surface area contributed by atoms with E-state index in [0.29, 0.717) is 5.57 Å². The number of hydrogen-bond donors (Lipinski definition) is 1. The summed E-state index contributed by atoms with van der Waals surface area (Å²) in [5.41, 5.74) is -1.12. The Bertz CT molecular complexity index is 556. The van der Waals surface area contributed by atoms with E-state index in [2.05, 4.69) is 4.90 Å². The average molecular weight is 337 g/mol. The number of allylic oxidation sites excluding steroid dienone is 1. The van der Waals surface area contributed by atoms with Crippen molar-refractivity contribution in [2.45, 2.75) is 57.8 Å². The average Bonchev–Trinajstić information content (AvgIpc) is 3.12. The van der Waals surface area contributed by atoms with Gasteiger partial charge in [0.05, 0.1) is 12.6 Å². The first-order chi connectivity index (χ1) is 11.3. The fourth-order valence-corrected chi connectivity index (χ4v) is 4.11. The monoisotopic (exact) mass is 337 g/mol. The standard InChI is InChI=1S/C18H27NO5/c1-4-12-9-11(2)18(3,22)17(21)23-10-13-5-7-19-8-6-14(15(13)19)24-16(12)20/h4,11,13-15,22H,5-10H2,1-3H3/b12-4+/t11-,13+,14+,15-,18+/m0/s1. The molecule has 0 spiro atoms. The molecule has 0 aromatic carbocycles. The predicted molar refractivity (Wildman–Crippen MR) is 87.1 cm³/mol. The maximum atomic E-state index is 12.6. The molecule has 3 aliphatic heterocycles. The Balaban J connectivity index is 1.89. The summed E-state index contributed by atoms with van der Waals surface area (Å²) >= 11 is 0. The van der Waals surface area contributed by atoms with Crippen molar-refractivity contribution < 1.29 is 24.2 Å². The van der Waals surface area contributed by atoms with Crippen molar-refractivity contribution in [2.24, 2.45) is 11.8 Å². The lowest BCUT2D eigenvalue weighted by Crippen LogP contribution is -2.46. The van der Waals surface area contributed by atoms with Gasteiger partial charge in [-0.25, -0.2) is 9.59 Å². The molecule has 0 amide bonds. The smallest absolute Gasteiger partial charge is 0.338 e. The summed E-state index contributed by atoms with van der Waals surface area (Å²) in [6, 6.07) is 0.113. The maximum absolute atomic E-state index is 12.6. The Hall–Kier alpha value is -1.40. The molecule has 0 unspecified atom stereocenters. The van der Waals surface area contributed by atoms with Crippen LogP contribution in [0.3, 0.4) is 0 Å². The van der Waals surface area contributed by atoms with Crippen LogP contribution < -0.4 is 0 Å². The van der Waals surface area contributed by atoms with Crippen molar-refractivity contribution in [3.8, 4) is 0 Å². The SMILES string of the molecule is C/C=C1\C[C@H](C)[C@@](C)(O)C(=O)OC[C@H]2CCN3CC[C@@H](OC1=O)[C@H]23. The molecule has 3 rings (SSSR count). The highest BCUT2D eigenvalue weighted by molar-refractivity contribution is 5.89. The van der Waals surface area contributed by atoms with Gasteiger partial charge in [0.1, 0.15) is 6.10 Å². The van der Waals surface area contributed by atoms with E-state index in [9.17, 15) is 14.7 Å². The second-order valence-corrected chi connectivity index (χ2v) is 7.47. The summed E-state index contributed by atoms with van der Waals surface area (Å²) in [6.45, 7) is 7.11. The zero-order chi connectivity index (χ0) is 17.5. The summed E-state index contributed by atoms with van der Waals surface area (Å²) in [5, 5.41) is 10.6. The number of nitrogens with zero attached hydrogens (tertiary/aromatic N) is 1. The molecule has 6 heteroatoms. The van der Waals surface area contributed by atoms with Crippen LogP contribution in [-0.4, -0.2) is 59.4 Å². The number of aliphatic hydroxyl groups is 1. The number of hydrogen-bond acceptors (Lipinski definition) is 6. The summed E-state index contributed by atoms with van der Waals surface area (Å²) in [6.07, 6.45) is 3.59. The van der Waals surface area contributed by atoms with Crippen LogP contribution in [0.1, 0.15) is 40.0 Å². The Kier molecular flexibility index (Phi) is 4.71. The third kappa shape index (κ3) is 2.97. The fourth-order valence-electron chi connectivity index (χ4n) is 4.11. The molecule has 134 valence electrons. The Morgan fingerprint density at radius 2 is 2.00 bits per heavy atom. The van der Waals surface area contributed by atoms with E-state index >= 15 is 0 Å². The van der Waals surface area contributed by atoms with Gasteiger partial charge in [0.15, 0.2) is 5.60 Å². The quantitative estimate of drug-likeness (QED) is 0.530. The molecule has 3 heterocycles. The van der Waals surface area contributed by atoms with Gasteiger partial charge in [-0.1, -0.05) is 13.0 Å². The van der Waals surface area contributed by atoms with E-state index in [1.165, 1.54) is 6.92 Å². The lowest BCUT2D eigenvalue weighted by atomic mass is 9.85. The highest BCUT2D eigenvalue weighted by Crippen LogP contribution is 2.36. The van der Waals surface area contributed by atoms with E-state index in [-0.39, 0.29) is 37.1 Å². The summed E-state index contributed by atoms with van der Waals surface area (Å²) in [7, 11) is 0. The molecule has 0 bridgehead atoms. The van der Waals surface area contributed by atoms with E-state index in [0.717, 1.165) is 25.9 Å². The normalized spacial score (nSPS) is 42.9. The number of esters is 2. The van der Waals surface area contributed by atoms with Gasteiger partial charge >= 0.3 is 11.9 Å². The lowest BCUT2D eigenvalue weighted by molar-refractivity contribution is -0.172. The highest BCUT2D eigenvalue weighted by Gasteiger charge is 2.48. The molecule has 3 fully saturated rings. The highest BCUT2D eigenvalue weighted by atomic mass is 16.6. The molecule has 3 aliphatic rings. The third-order valence-corrected chi connectivity index (χ3v) is 5.97. The van der Waals surface area contributed by atoms with Crippen LogP contribution >= 0.6 is 0 Å². The second-order valence-electron chi connectivity index (χ2n) is 7.47.